The molecule has 144 valence electrons. The van der Waals surface area contributed by atoms with E-state index in [9.17, 15) is 0 Å². The van der Waals surface area contributed by atoms with Crippen molar-refractivity contribution in [2.75, 3.05) is 13.7 Å². The van der Waals surface area contributed by atoms with E-state index in [0.717, 1.165) is 45.8 Å². The minimum atomic E-state index is 0.237. The van der Waals surface area contributed by atoms with Gasteiger partial charge in [-0.2, -0.15) is 0 Å². The molecule has 3 aromatic heterocycles. The molecule has 0 spiro atoms. The molecule has 27 heavy (non-hydrogen) atoms. The van der Waals surface area contributed by atoms with Gasteiger partial charge in [0.25, 0.3) is 0 Å². The molecule has 0 bridgehead atoms. The molecule has 0 saturated heterocycles. The Morgan fingerprint density at radius 2 is 1.89 bits per heavy atom. The van der Waals surface area contributed by atoms with Crippen LogP contribution >= 0.6 is 11.6 Å². The molecule has 5 nitrogen and oxygen atoms in total. The van der Waals surface area contributed by atoms with Crippen LogP contribution in [0.3, 0.4) is 0 Å². The van der Waals surface area contributed by atoms with Crippen LogP contribution < -0.4 is 0 Å². The van der Waals surface area contributed by atoms with Crippen molar-refractivity contribution < 1.29 is 4.74 Å². The zero-order valence-corrected chi connectivity index (χ0v) is 17.6. The monoisotopic (exact) mass is 386 g/mol. The molecule has 1 atom stereocenters. The summed E-state index contributed by atoms with van der Waals surface area (Å²) >= 11 is 6.49. The minimum absolute atomic E-state index is 0.237. The lowest BCUT2D eigenvalue weighted by atomic mass is 10.1. The van der Waals surface area contributed by atoms with Gasteiger partial charge in [0, 0.05) is 24.6 Å². The summed E-state index contributed by atoms with van der Waals surface area (Å²) in [7, 11) is 1.73. The van der Waals surface area contributed by atoms with Crippen molar-refractivity contribution in [1.82, 2.24) is 19.5 Å². The average molecular weight is 387 g/mol. The molecule has 3 aromatic rings. The summed E-state index contributed by atoms with van der Waals surface area (Å²) in [6.07, 6.45) is 3.08. The van der Waals surface area contributed by atoms with Gasteiger partial charge in [0.2, 0.25) is 0 Å². The Bertz CT molecular complexity index is 964. The molecule has 0 aliphatic heterocycles. The fraction of sp³-hybridized carbons (Fsp3) is 0.476. The highest BCUT2D eigenvalue weighted by atomic mass is 35.5. The molecule has 0 aromatic carbocycles. The van der Waals surface area contributed by atoms with Gasteiger partial charge >= 0.3 is 0 Å². The maximum absolute atomic E-state index is 6.49. The number of fused-ring (bicyclic) bond motifs is 1. The fourth-order valence-electron chi connectivity index (χ4n) is 3.35. The predicted octanol–water partition coefficient (Wildman–Crippen LogP) is 5.48. The molecule has 0 radical (unpaired) electrons. The molecule has 3 rings (SSSR count). The lowest BCUT2D eigenvalue weighted by Crippen LogP contribution is -2.13. The number of nitrogens with zero attached hydrogens (tertiary/aromatic N) is 4. The Labute approximate surface area is 165 Å². The summed E-state index contributed by atoms with van der Waals surface area (Å²) in [5, 5.41) is 0.473. The topological polar surface area (TPSA) is 52.8 Å². The third-order valence-corrected chi connectivity index (χ3v) is 5.23. The maximum Gasteiger partial charge on any atom is 0.159 e. The Balaban J connectivity index is 2.15. The van der Waals surface area contributed by atoms with Gasteiger partial charge in [-0.05, 0) is 43.9 Å². The van der Waals surface area contributed by atoms with Gasteiger partial charge < -0.3 is 9.30 Å². The van der Waals surface area contributed by atoms with Gasteiger partial charge in [-0.15, -0.1) is 0 Å². The van der Waals surface area contributed by atoms with Gasteiger partial charge in [0.05, 0.1) is 24.0 Å². The molecular weight excluding hydrogens is 360 g/mol. The van der Waals surface area contributed by atoms with E-state index >= 15 is 0 Å². The van der Waals surface area contributed by atoms with Crippen LogP contribution in [0.5, 0.6) is 0 Å². The first-order valence-corrected chi connectivity index (χ1v) is 9.76. The van der Waals surface area contributed by atoms with Crippen molar-refractivity contribution >= 4 is 22.8 Å². The number of aromatic nitrogens is 4. The third kappa shape index (κ3) is 3.71. The first-order chi connectivity index (χ1) is 12.9. The van der Waals surface area contributed by atoms with Crippen LogP contribution in [-0.2, 0) is 4.74 Å². The largest absolute Gasteiger partial charge is 0.383 e. The zero-order chi connectivity index (χ0) is 19.7. The van der Waals surface area contributed by atoms with E-state index in [0.29, 0.717) is 17.7 Å². The van der Waals surface area contributed by atoms with Gasteiger partial charge in [0.1, 0.15) is 10.7 Å². The van der Waals surface area contributed by atoms with E-state index in [4.69, 9.17) is 26.3 Å². The molecular formula is C21H27ClN4O. The highest BCUT2D eigenvalue weighted by Crippen LogP contribution is 2.32. The number of rotatable bonds is 6. The minimum Gasteiger partial charge on any atom is -0.383 e. The number of aryl methyl sites for hydroxylation is 2. The first-order valence-electron chi connectivity index (χ1n) is 9.38. The molecule has 0 aliphatic rings. The van der Waals surface area contributed by atoms with E-state index in [2.05, 4.69) is 43.4 Å². The van der Waals surface area contributed by atoms with E-state index in [1.165, 1.54) is 0 Å². The average Bonchev–Trinajstić information content (AvgIpc) is 2.94. The van der Waals surface area contributed by atoms with Crippen molar-refractivity contribution in [2.24, 2.45) is 0 Å². The fourth-order valence-corrected chi connectivity index (χ4v) is 3.60. The highest BCUT2D eigenvalue weighted by molar-refractivity contribution is 6.32. The van der Waals surface area contributed by atoms with Crippen molar-refractivity contribution in [3.05, 3.63) is 40.4 Å². The Morgan fingerprint density at radius 1 is 1.15 bits per heavy atom. The second kappa shape index (κ2) is 7.95. The van der Waals surface area contributed by atoms with Gasteiger partial charge in [-0.3, -0.25) is 0 Å². The van der Waals surface area contributed by atoms with Gasteiger partial charge in [-0.25, -0.2) is 15.0 Å². The SMILES string of the molecule is CC[C@H](COC)n1cc(C)c2nc(-c3ccc(C(C)C)nc3Cl)c(C)nc21. The van der Waals surface area contributed by atoms with E-state index in [1.807, 2.05) is 19.1 Å². The summed E-state index contributed by atoms with van der Waals surface area (Å²) in [5.41, 5.74) is 6.31. The van der Waals surface area contributed by atoms with E-state index in [1.54, 1.807) is 7.11 Å². The van der Waals surface area contributed by atoms with Crippen LogP contribution in [0.2, 0.25) is 5.15 Å². The molecule has 6 heteroatoms. The van der Waals surface area contributed by atoms with Crippen molar-refractivity contribution in [1.29, 1.82) is 0 Å². The second-order valence-electron chi connectivity index (χ2n) is 7.30. The molecule has 3 heterocycles. The van der Waals surface area contributed by atoms with Crippen LogP contribution in [0.4, 0.5) is 0 Å². The van der Waals surface area contributed by atoms with Crippen LogP contribution in [-0.4, -0.2) is 33.2 Å². The normalized spacial score (nSPS) is 12.9. The summed E-state index contributed by atoms with van der Waals surface area (Å²) in [6, 6.07) is 4.25. The lowest BCUT2D eigenvalue weighted by Gasteiger charge is -2.17. The van der Waals surface area contributed by atoms with E-state index in [-0.39, 0.29) is 6.04 Å². The first kappa shape index (κ1) is 19.8. The van der Waals surface area contributed by atoms with Crippen molar-refractivity contribution in [3.8, 4) is 11.3 Å². The zero-order valence-electron chi connectivity index (χ0n) is 16.9. The lowest BCUT2D eigenvalue weighted by molar-refractivity contribution is 0.154. The smallest absolute Gasteiger partial charge is 0.159 e. The molecule has 0 aliphatic carbocycles. The number of hydrogen-bond acceptors (Lipinski definition) is 4. The number of pyridine rings is 1. The van der Waals surface area contributed by atoms with E-state index < -0.39 is 0 Å². The summed E-state index contributed by atoms with van der Waals surface area (Å²) < 4.78 is 7.56. The summed E-state index contributed by atoms with van der Waals surface area (Å²) in [6.45, 7) is 11.0. The standard InChI is InChI=1S/C21H27ClN4O/c1-7-15(11-27-6)26-10-13(4)18-21(26)23-14(5)19(25-18)16-8-9-17(12(2)3)24-20(16)22/h8-10,12,15H,7,11H2,1-6H3/t15-/m1/s1. The number of halogens is 1. The molecule has 0 saturated carbocycles. The number of methoxy groups -OCH3 is 1. The van der Waals surface area contributed by atoms with Crippen LogP contribution in [0.25, 0.3) is 22.4 Å². The second-order valence-corrected chi connectivity index (χ2v) is 7.65. The molecule has 0 amide bonds. The molecule has 0 fully saturated rings. The van der Waals surface area contributed by atoms with Crippen LogP contribution in [0, 0.1) is 13.8 Å². The number of ether oxygens (including phenoxy) is 1. The van der Waals surface area contributed by atoms with Gasteiger partial charge in [0.15, 0.2) is 5.65 Å². The Hall–Kier alpha value is -1.98. The van der Waals surface area contributed by atoms with Crippen molar-refractivity contribution in [2.45, 2.75) is 53.0 Å². The predicted molar refractivity (Wildman–Crippen MR) is 111 cm³/mol. The number of hydrogen-bond donors (Lipinski definition) is 0. The maximum atomic E-state index is 6.49. The van der Waals surface area contributed by atoms with Crippen LogP contribution in [0.1, 0.15) is 56.1 Å². The van der Waals surface area contributed by atoms with Gasteiger partial charge in [-0.1, -0.05) is 32.4 Å². The summed E-state index contributed by atoms with van der Waals surface area (Å²) in [5.74, 6) is 0.328. The Kier molecular flexibility index (Phi) is 5.82. The summed E-state index contributed by atoms with van der Waals surface area (Å²) in [4.78, 5) is 14.3. The highest BCUT2D eigenvalue weighted by Gasteiger charge is 2.19. The molecule has 0 N–H and O–H groups in total. The Morgan fingerprint density at radius 3 is 2.48 bits per heavy atom. The van der Waals surface area contributed by atoms with Crippen LogP contribution in [0.15, 0.2) is 18.3 Å². The quantitative estimate of drug-likeness (QED) is 0.526. The third-order valence-electron chi connectivity index (χ3n) is 4.94. The molecule has 0 unspecified atom stereocenters. The van der Waals surface area contributed by atoms with Crippen molar-refractivity contribution in [3.63, 3.8) is 0 Å².